The molecule has 10 heteroatoms. The first-order valence-corrected chi connectivity index (χ1v) is 10.8. The SMILES string of the molecule is CCOc1cc(CC)c2nn(CC(=O)c3cc(OCCO)cc(C(C)(C)C)c3)c(=N)n2n1.Cl. The van der Waals surface area contributed by atoms with Crippen molar-refractivity contribution in [2.24, 2.45) is 0 Å². The molecule has 3 aromatic rings. The summed E-state index contributed by atoms with van der Waals surface area (Å²) < 4.78 is 13.8. The molecule has 0 unspecified atom stereocenters. The summed E-state index contributed by atoms with van der Waals surface area (Å²) in [4.78, 5) is 13.2. The highest BCUT2D eigenvalue weighted by atomic mass is 35.5. The van der Waals surface area contributed by atoms with Crippen molar-refractivity contribution in [3.63, 3.8) is 0 Å². The zero-order valence-corrected chi connectivity index (χ0v) is 20.5. The lowest BCUT2D eigenvalue weighted by atomic mass is 9.85. The van der Waals surface area contributed by atoms with E-state index in [1.54, 1.807) is 6.07 Å². The molecular formula is C23H32ClN5O4. The van der Waals surface area contributed by atoms with Crippen LogP contribution in [-0.2, 0) is 18.4 Å². The molecule has 33 heavy (non-hydrogen) atoms. The van der Waals surface area contributed by atoms with Gasteiger partial charge in [0.25, 0.3) is 0 Å². The Morgan fingerprint density at radius 3 is 2.45 bits per heavy atom. The van der Waals surface area contributed by atoms with E-state index < -0.39 is 0 Å². The minimum atomic E-state index is -0.199. The van der Waals surface area contributed by atoms with Crippen LogP contribution in [0.3, 0.4) is 0 Å². The Balaban J connectivity index is 0.00000385. The summed E-state index contributed by atoms with van der Waals surface area (Å²) in [5, 5.41) is 26.4. The van der Waals surface area contributed by atoms with Crippen LogP contribution in [0.4, 0.5) is 0 Å². The van der Waals surface area contributed by atoms with Crippen molar-refractivity contribution in [2.75, 3.05) is 19.8 Å². The maximum Gasteiger partial charge on any atom is 0.242 e. The molecule has 0 spiro atoms. The van der Waals surface area contributed by atoms with Crippen molar-refractivity contribution in [3.05, 3.63) is 46.6 Å². The Labute approximate surface area is 199 Å². The lowest BCUT2D eigenvalue weighted by Gasteiger charge is -2.21. The summed E-state index contributed by atoms with van der Waals surface area (Å²) in [6, 6.07) is 7.20. The highest BCUT2D eigenvalue weighted by Gasteiger charge is 2.20. The zero-order valence-electron chi connectivity index (χ0n) is 19.7. The molecule has 0 aliphatic rings. The summed E-state index contributed by atoms with van der Waals surface area (Å²) in [5.74, 6) is 0.747. The standard InChI is InChI=1S/C23H31N5O4.ClH/c1-6-15-12-20(31-7-2)25-28-21(15)26-27(22(28)24)14-19(30)16-10-17(23(3,4)5)13-18(11-16)32-9-8-29;/h10-13,24,29H,6-9,14H2,1-5H3;1H. The fraction of sp³-hybridized carbons (Fsp3) is 0.478. The topological polar surface area (TPSA) is 115 Å². The van der Waals surface area contributed by atoms with Crippen LogP contribution in [-0.4, -0.2) is 50.1 Å². The van der Waals surface area contributed by atoms with Crippen LogP contribution in [0.15, 0.2) is 24.3 Å². The third-order valence-electron chi connectivity index (χ3n) is 5.07. The molecule has 0 bridgehead atoms. The molecule has 3 rings (SSSR count). The number of ketones is 1. The number of Topliss-reactive ketones (excluding diaryl/α,β-unsaturated/α-hetero) is 1. The Morgan fingerprint density at radius 1 is 1.12 bits per heavy atom. The number of halogens is 1. The molecule has 0 saturated heterocycles. The van der Waals surface area contributed by atoms with E-state index in [0.29, 0.717) is 35.9 Å². The van der Waals surface area contributed by atoms with Crippen molar-refractivity contribution < 1.29 is 19.4 Å². The second kappa shape index (κ2) is 10.8. The molecule has 1 aromatic carbocycles. The van der Waals surface area contributed by atoms with E-state index in [-0.39, 0.29) is 49.0 Å². The van der Waals surface area contributed by atoms with Crippen LogP contribution in [0.1, 0.15) is 56.1 Å². The van der Waals surface area contributed by atoms with E-state index >= 15 is 0 Å². The lowest BCUT2D eigenvalue weighted by Crippen LogP contribution is -2.26. The number of carbonyl (C=O) groups is 1. The van der Waals surface area contributed by atoms with Crippen molar-refractivity contribution in [1.82, 2.24) is 19.4 Å². The Hall–Kier alpha value is -2.91. The van der Waals surface area contributed by atoms with Crippen molar-refractivity contribution >= 4 is 23.8 Å². The summed E-state index contributed by atoms with van der Waals surface area (Å²) in [6.45, 7) is 10.4. The largest absolute Gasteiger partial charge is 0.491 e. The number of fused-ring (bicyclic) bond motifs is 1. The summed E-state index contributed by atoms with van der Waals surface area (Å²) >= 11 is 0. The number of nitrogens with one attached hydrogen (secondary N) is 1. The number of rotatable bonds is 9. The summed E-state index contributed by atoms with van der Waals surface area (Å²) in [7, 11) is 0. The van der Waals surface area contributed by atoms with E-state index in [2.05, 4.69) is 31.0 Å². The number of aromatic nitrogens is 4. The van der Waals surface area contributed by atoms with Gasteiger partial charge in [-0.2, -0.15) is 4.52 Å². The molecule has 0 saturated carbocycles. The fourth-order valence-corrected chi connectivity index (χ4v) is 3.31. The van der Waals surface area contributed by atoms with Gasteiger partial charge in [0, 0.05) is 17.2 Å². The van der Waals surface area contributed by atoms with Crippen LogP contribution in [0.25, 0.3) is 5.65 Å². The Morgan fingerprint density at radius 2 is 1.85 bits per heavy atom. The van der Waals surface area contributed by atoms with Crippen LogP contribution in [0.5, 0.6) is 11.6 Å². The number of carbonyl (C=O) groups excluding carboxylic acids is 1. The molecule has 0 atom stereocenters. The molecule has 0 aliphatic carbocycles. The monoisotopic (exact) mass is 477 g/mol. The zero-order chi connectivity index (χ0) is 23.5. The fourth-order valence-electron chi connectivity index (χ4n) is 3.31. The molecule has 0 fully saturated rings. The predicted octanol–water partition coefficient (Wildman–Crippen LogP) is 2.94. The van der Waals surface area contributed by atoms with Crippen molar-refractivity contribution in [2.45, 2.75) is 53.0 Å². The number of benzene rings is 1. The highest BCUT2D eigenvalue weighted by Crippen LogP contribution is 2.28. The van der Waals surface area contributed by atoms with Gasteiger partial charge in [-0.25, -0.2) is 4.68 Å². The molecule has 0 amide bonds. The highest BCUT2D eigenvalue weighted by molar-refractivity contribution is 5.96. The van der Waals surface area contributed by atoms with Gasteiger partial charge < -0.3 is 14.6 Å². The third kappa shape index (κ3) is 5.91. The normalized spacial score (nSPS) is 11.3. The van der Waals surface area contributed by atoms with Gasteiger partial charge in [0.15, 0.2) is 11.4 Å². The Bertz CT molecular complexity index is 1180. The molecule has 0 aliphatic heterocycles. The molecule has 2 heterocycles. The predicted molar refractivity (Wildman–Crippen MR) is 127 cm³/mol. The molecule has 0 radical (unpaired) electrons. The smallest absolute Gasteiger partial charge is 0.242 e. The molecule has 2 N–H and O–H groups in total. The number of aliphatic hydroxyl groups is 1. The lowest BCUT2D eigenvalue weighted by molar-refractivity contribution is 0.0965. The van der Waals surface area contributed by atoms with Gasteiger partial charge in [-0.3, -0.25) is 10.2 Å². The maximum atomic E-state index is 13.2. The number of aryl methyl sites for hydroxylation is 1. The van der Waals surface area contributed by atoms with E-state index in [1.807, 2.05) is 32.0 Å². The molecule has 9 nitrogen and oxygen atoms in total. The minimum Gasteiger partial charge on any atom is -0.491 e. The van der Waals surface area contributed by atoms with Gasteiger partial charge in [-0.1, -0.05) is 27.7 Å². The van der Waals surface area contributed by atoms with E-state index in [0.717, 1.165) is 11.1 Å². The van der Waals surface area contributed by atoms with Crippen LogP contribution in [0, 0.1) is 5.41 Å². The number of nitrogens with zero attached hydrogens (tertiary/aromatic N) is 4. The second-order valence-electron chi connectivity index (χ2n) is 8.50. The van der Waals surface area contributed by atoms with Crippen LogP contribution < -0.4 is 15.1 Å². The van der Waals surface area contributed by atoms with Gasteiger partial charge in [0.05, 0.1) is 13.2 Å². The van der Waals surface area contributed by atoms with Crippen LogP contribution in [0.2, 0.25) is 0 Å². The minimum absolute atomic E-state index is 0. The van der Waals surface area contributed by atoms with Gasteiger partial charge in [0.2, 0.25) is 11.5 Å². The van der Waals surface area contributed by atoms with E-state index in [1.165, 1.54) is 9.20 Å². The third-order valence-corrected chi connectivity index (χ3v) is 5.07. The number of hydrogen-bond donors (Lipinski definition) is 2. The molecule has 2 aromatic heterocycles. The number of aliphatic hydroxyl groups excluding tert-OH is 1. The van der Waals surface area contributed by atoms with Crippen LogP contribution >= 0.6 is 12.4 Å². The van der Waals surface area contributed by atoms with E-state index in [9.17, 15) is 4.79 Å². The maximum absolute atomic E-state index is 13.2. The average molecular weight is 478 g/mol. The first-order valence-electron chi connectivity index (χ1n) is 10.8. The number of ether oxygens (including phenoxy) is 2. The molecule has 180 valence electrons. The first-order chi connectivity index (χ1) is 15.2. The summed E-state index contributed by atoms with van der Waals surface area (Å²) in [5.41, 5.74) is 2.63. The van der Waals surface area contributed by atoms with Crippen molar-refractivity contribution in [1.29, 1.82) is 5.41 Å². The van der Waals surface area contributed by atoms with E-state index in [4.69, 9.17) is 20.0 Å². The van der Waals surface area contributed by atoms with Gasteiger partial charge in [0.1, 0.15) is 18.9 Å². The second-order valence-corrected chi connectivity index (χ2v) is 8.50. The first kappa shape index (κ1) is 26.3. The van der Waals surface area contributed by atoms with Gasteiger partial charge in [-0.15, -0.1) is 22.6 Å². The quantitative estimate of drug-likeness (QED) is 0.458. The molecular weight excluding hydrogens is 446 g/mol. The number of hydrogen-bond acceptors (Lipinski definition) is 7. The Kier molecular flexibility index (Phi) is 8.63. The van der Waals surface area contributed by atoms with Gasteiger partial charge in [-0.05, 0) is 42.5 Å². The van der Waals surface area contributed by atoms with Crippen molar-refractivity contribution in [3.8, 4) is 11.6 Å². The van der Waals surface area contributed by atoms with Gasteiger partial charge >= 0.3 is 0 Å². The average Bonchev–Trinajstić information content (AvgIpc) is 3.06. The summed E-state index contributed by atoms with van der Waals surface area (Å²) in [6.07, 6.45) is 0.690.